The monoisotopic (exact) mass is 380 g/mol. The topological polar surface area (TPSA) is 64.8 Å². The maximum absolute atomic E-state index is 12.8. The Morgan fingerprint density at radius 2 is 1.82 bits per heavy atom. The number of hydrogen-bond acceptors (Lipinski definition) is 5. The third kappa shape index (κ3) is 4.17. The number of carbonyl (C=O) groups is 1. The summed E-state index contributed by atoms with van der Waals surface area (Å²) in [6.07, 6.45) is 0. The highest BCUT2D eigenvalue weighted by molar-refractivity contribution is 5.94. The summed E-state index contributed by atoms with van der Waals surface area (Å²) in [4.78, 5) is 14.5. The van der Waals surface area contributed by atoms with E-state index in [1.54, 1.807) is 25.2 Å². The van der Waals surface area contributed by atoms with Gasteiger partial charge in [-0.3, -0.25) is 4.79 Å². The Morgan fingerprint density at radius 1 is 1.07 bits per heavy atom. The first-order chi connectivity index (χ1) is 13.5. The highest BCUT2D eigenvalue weighted by Crippen LogP contribution is 2.33. The van der Waals surface area contributed by atoms with Crippen molar-refractivity contribution >= 4 is 5.91 Å². The van der Waals surface area contributed by atoms with Crippen LogP contribution in [0.5, 0.6) is 11.5 Å². The summed E-state index contributed by atoms with van der Waals surface area (Å²) < 4.78 is 16.2. The molecule has 3 rings (SSSR count). The highest BCUT2D eigenvalue weighted by Gasteiger charge is 2.18. The van der Waals surface area contributed by atoms with Crippen LogP contribution in [0.2, 0.25) is 0 Å². The van der Waals surface area contributed by atoms with Crippen molar-refractivity contribution in [3.05, 3.63) is 65.4 Å². The molecule has 0 aliphatic carbocycles. The predicted octanol–water partition coefficient (Wildman–Crippen LogP) is 4.33. The van der Waals surface area contributed by atoms with Crippen LogP contribution in [-0.4, -0.2) is 36.7 Å². The van der Waals surface area contributed by atoms with Crippen molar-refractivity contribution in [2.45, 2.75) is 20.4 Å². The van der Waals surface area contributed by atoms with E-state index < -0.39 is 0 Å². The van der Waals surface area contributed by atoms with E-state index in [9.17, 15) is 4.79 Å². The minimum Gasteiger partial charge on any atom is -0.497 e. The second-order valence-corrected chi connectivity index (χ2v) is 6.43. The minimum absolute atomic E-state index is 0.0333. The quantitative estimate of drug-likeness (QED) is 0.610. The molecule has 6 nitrogen and oxygen atoms in total. The van der Waals surface area contributed by atoms with Crippen LogP contribution in [0.25, 0.3) is 11.3 Å². The average molecular weight is 380 g/mol. The number of ether oxygens (including phenoxy) is 2. The molecule has 28 heavy (non-hydrogen) atoms. The SMILES string of the molecule is CCN(Cc1cc(-c2ccc(OC)cc2OC)on1)C(=O)c1ccc(C)cc1. The first-order valence-electron chi connectivity index (χ1n) is 9.09. The van der Waals surface area contributed by atoms with Crippen molar-refractivity contribution < 1.29 is 18.8 Å². The van der Waals surface area contributed by atoms with Crippen LogP contribution in [-0.2, 0) is 6.54 Å². The molecule has 3 aromatic rings. The molecule has 0 saturated carbocycles. The van der Waals surface area contributed by atoms with Crippen molar-refractivity contribution in [1.29, 1.82) is 0 Å². The lowest BCUT2D eigenvalue weighted by Gasteiger charge is -2.19. The van der Waals surface area contributed by atoms with Gasteiger partial charge in [-0.25, -0.2) is 0 Å². The zero-order valence-electron chi connectivity index (χ0n) is 16.6. The molecule has 0 aliphatic heterocycles. The molecule has 2 aromatic carbocycles. The first kappa shape index (κ1) is 19.5. The molecule has 1 heterocycles. The van der Waals surface area contributed by atoms with Gasteiger partial charge in [0.25, 0.3) is 5.91 Å². The van der Waals surface area contributed by atoms with Gasteiger partial charge in [-0.05, 0) is 38.1 Å². The zero-order chi connectivity index (χ0) is 20.1. The molecule has 0 radical (unpaired) electrons. The van der Waals surface area contributed by atoms with Gasteiger partial charge in [-0.2, -0.15) is 0 Å². The Bertz CT molecular complexity index is 947. The lowest BCUT2D eigenvalue weighted by Crippen LogP contribution is -2.30. The fourth-order valence-electron chi connectivity index (χ4n) is 2.92. The number of aromatic nitrogens is 1. The zero-order valence-corrected chi connectivity index (χ0v) is 16.6. The van der Waals surface area contributed by atoms with Crippen LogP contribution in [0.4, 0.5) is 0 Å². The molecule has 0 atom stereocenters. The predicted molar refractivity (Wildman–Crippen MR) is 107 cm³/mol. The molecule has 0 saturated heterocycles. The van der Waals surface area contributed by atoms with Crippen LogP contribution in [0.15, 0.2) is 53.1 Å². The van der Waals surface area contributed by atoms with E-state index in [1.807, 2.05) is 56.3 Å². The summed E-state index contributed by atoms with van der Waals surface area (Å²) in [7, 11) is 3.19. The van der Waals surface area contributed by atoms with E-state index in [2.05, 4.69) is 5.16 Å². The van der Waals surface area contributed by atoms with Crippen LogP contribution >= 0.6 is 0 Å². The third-order valence-electron chi connectivity index (χ3n) is 4.55. The molecule has 1 aromatic heterocycles. The number of nitrogens with zero attached hydrogens (tertiary/aromatic N) is 2. The third-order valence-corrected chi connectivity index (χ3v) is 4.55. The Hall–Kier alpha value is -3.28. The normalized spacial score (nSPS) is 10.6. The van der Waals surface area contributed by atoms with Crippen molar-refractivity contribution in [2.75, 3.05) is 20.8 Å². The molecule has 146 valence electrons. The summed E-state index contributed by atoms with van der Waals surface area (Å²) in [5.41, 5.74) is 3.23. The summed E-state index contributed by atoms with van der Waals surface area (Å²) in [5, 5.41) is 4.13. The van der Waals surface area contributed by atoms with E-state index in [4.69, 9.17) is 14.0 Å². The summed E-state index contributed by atoms with van der Waals surface area (Å²) >= 11 is 0. The van der Waals surface area contributed by atoms with Gasteiger partial charge in [0.2, 0.25) is 0 Å². The lowest BCUT2D eigenvalue weighted by atomic mass is 10.1. The minimum atomic E-state index is -0.0333. The Kier molecular flexibility index (Phi) is 5.99. The molecular weight excluding hydrogens is 356 g/mol. The van der Waals surface area contributed by atoms with Crippen molar-refractivity contribution in [2.24, 2.45) is 0 Å². The molecule has 0 unspecified atom stereocenters. The molecule has 0 fully saturated rings. The fourth-order valence-corrected chi connectivity index (χ4v) is 2.92. The maximum atomic E-state index is 12.8. The molecule has 0 spiro atoms. The van der Waals surface area contributed by atoms with Crippen LogP contribution in [0.1, 0.15) is 28.5 Å². The molecule has 6 heteroatoms. The Balaban J connectivity index is 1.79. The highest BCUT2D eigenvalue weighted by atomic mass is 16.5. The van der Waals surface area contributed by atoms with Gasteiger partial charge < -0.3 is 18.9 Å². The van der Waals surface area contributed by atoms with Gasteiger partial charge in [0.15, 0.2) is 5.76 Å². The van der Waals surface area contributed by atoms with Crippen LogP contribution < -0.4 is 9.47 Å². The van der Waals surface area contributed by atoms with Crippen LogP contribution in [0, 0.1) is 6.92 Å². The van der Waals surface area contributed by atoms with Crippen molar-refractivity contribution in [1.82, 2.24) is 10.1 Å². The number of hydrogen-bond donors (Lipinski definition) is 0. The molecular formula is C22H24N2O4. The number of aryl methyl sites for hydroxylation is 1. The van der Waals surface area contributed by atoms with Gasteiger partial charge >= 0.3 is 0 Å². The number of methoxy groups -OCH3 is 2. The summed E-state index contributed by atoms with van der Waals surface area (Å²) in [6.45, 7) is 4.88. The second-order valence-electron chi connectivity index (χ2n) is 6.43. The lowest BCUT2D eigenvalue weighted by molar-refractivity contribution is 0.0749. The van der Waals surface area contributed by atoms with Gasteiger partial charge in [0, 0.05) is 24.2 Å². The van der Waals surface area contributed by atoms with Crippen molar-refractivity contribution in [3.8, 4) is 22.8 Å². The number of carbonyl (C=O) groups excluding carboxylic acids is 1. The number of rotatable bonds is 7. The summed E-state index contributed by atoms with van der Waals surface area (Å²) in [5.74, 6) is 1.87. The average Bonchev–Trinajstić information content (AvgIpc) is 3.19. The fraction of sp³-hybridized carbons (Fsp3) is 0.273. The van der Waals surface area contributed by atoms with Gasteiger partial charge in [0.1, 0.15) is 17.2 Å². The molecule has 1 amide bonds. The van der Waals surface area contributed by atoms with Crippen molar-refractivity contribution in [3.63, 3.8) is 0 Å². The molecule has 0 N–H and O–H groups in total. The van der Waals surface area contributed by atoms with E-state index in [0.29, 0.717) is 41.6 Å². The van der Waals surface area contributed by atoms with E-state index >= 15 is 0 Å². The molecule has 0 bridgehead atoms. The number of benzene rings is 2. The van der Waals surface area contributed by atoms with Gasteiger partial charge in [-0.1, -0.05) is 22.9 Å². The van der Waals surface area contributed by atoms with Gasteiger partial charge in [-0.15, -0.1) is 0 Å². The smallest absolute Gasteiger partial charge is 0.254 e. The first-order valence-corrected chi connectivity index (χ1v) is 9.09. The Labute approximate surface area is 164 Å². The van der Waals surface area contributed by atoms with E-state index in [0.717, 1.165) is 11.1 Å². The van der Waals surface area contributed by atoms with Gasteiger partial charge in [0.05, 0.1) is 26.3 Å². The second kappa shape index (κ2) is 8.61. The molecule has 0 aliphatic rings. The van der Waals surface area contributed by atoms with E-state index in [1.165, 1.54) is 0 Å². The van der Waals surface area contributed by atoms with E-state index in [-0.39, 0.29) is 5.91 Å². The standard InChI is InChI=1S/C22H24N2O4/c1-5-24(22(25)16-8-6-15(2)7-9-16)14-17-12-21(28-23-17)19-11-10-18(26-3)13-20(19)27-4/h6-13H,5,14H2,1-4H3. The largest absolute Gasteiger partial charge is 0.497 e. The van der Waals surface area contributed by atoms with Crippen LogP contribution in [0.3, 0.4) is 0 Å². The Morgan fingerprint density at radius 3 is 2.46 bits per heavy atom. The maximum Gasteiger partial charge on any atom is 0.254 e. The summed E-state index contributed by atoms with van der Waals surface area (Å²) in [6, 6.07) is 14.9. The number of amides is 1.